The second kappa shape index (κ2) is 7.41. The molecule has 6 nitrogen and oxygen atoms in total. The first kappa shape index (κ1) is 17.2. The molecule has 1 aromatic heterocycles. The SMILES string of the molecule is CCNC(=O)N=c1sn(CC)c(=O)n1-c1ccccc1C(C)C. The van der Waals surface area contributed by atoms with E-state index in [1.54, 1.807) is 3.96 Å². The summed E-state index contributed by atoms with van der Waals surface area (Å²) in [7, 11) is 0. The van der Waals surface area contributed by atoms with Gasteiger partial charge in [-0.05, 0) is 42.9 Å². The summed E-state index contributed by atoms with van der Waals surface area (Å²) in [6, 6.07) is 7.28. The summed E-state index contributed by atoms with van der Waals surface area (Å²) in [5.41, 5.74) is 1.65. The molecule has 0 atom stereocenters. The third-order valence-electron chi connectivity index (χ3n) is 3.40. The van der Waals surface area contributed by atoms with Crippen LogP contribution in [0.1, 0.15) is 39.2 Å². The second-order valence-electron chi connectivity index (χ2n) is 5.35. The van der Waals surface area contributed by atoms with Gasteiger partial charge in [-0.25, -0.2) is 18.1 Å². The van der Waals surface area contributed by atoms with E-state index in [0.29, 0.717) is 17.9 Å². The van der Waals surface area contributed by atoms with Crippen LogP contribution < -0.4 is 15.8 Å². The first-order chi connectivity index (χ1) is 11.0. The molecule has 0 fully saturated rings. The molecule has 1 aromatic carbocycles. The maximum atomic E-state index is 12.7. The van der Waals surface area contributed by atoms with Crippen molar-refractivity contribution in [2.75, 3.05) is 6.54 Å². The summed E-state index contributed by atoms with van der Waals surface area (Å²) < 4.78 is 3.12. The van der Waals surface area contributed by atoms with E-state index in [-0.39, 0.29) is 11.6 Å². The van der Waals surface area contributed by atoms with Crippen molar-refractivity contribution in [1.29, 1.82) is 0 Å². The average molecular weight is 334 g/mol. The van der Waals surface area contributed by atoms with Crippen LogP contribution in [0, 0.1) is 0 Å². The van der Waals surface area contributed by atoms with Crippen LogP contribution in [-0.2, 0) is 6.54 Å². The van der Waals surface area contributed by atoms with Gasteiger partial charge in [0.25, 0.3) is 0 Å². The normalized spacial score (nSPS) is 12.0. The molecule has 124 valence electrons. The quantitative estimate of drug-likeness (QED) is 0.933. The first-order valence-corrected chi connectivity index (χ1v) is 8.51. The highest BCUT2D eigenvalue weighted by molar-refractivity contribution is 7.03. The molecular weight excluding hydrogens is 312 g/mol. The molecule has 2 rings (SSSR count). The molecule has 0 unspecified atom stereocenters. The minimum atomic E-state index is -0.437. The molecule has 0 aliphatic rings. The van der Waals surface area contributed by atoms with Crippen molar-refractivity contribution in [2.24, 2.45) is 4.99 Å². The van der Waals surface area contributed by atoms with Crippen molar-refractivity contribution >= 4 is 17.6 Å². The third kappa shape index (κ3) is 3.61. The van der Waals surface area contributed by atoms with Crippen molar-refractivity contribution in [3.05, 3.63) is 45.1 Å². The van der Waals surface area contributed by atoms with E-state index in [2.05, 4.69) is 24.2 Å². The van der Waals surface area contributed by atoms with Gasteiger partial charge in [-0.15, -0.1) is 0 Å². The number of carbonyl (C=O) groups excluding carboxylic acids is 1. The minimum Gasteiger partial charge on any atom is -0.336 e. The number of hydrogen-bond acceptors (Lipinski definition) is 3. The Bertz CT molecular complexity index is 814. The van der Waals surface area contributed by atoms with Crippen LogP contribution in [0.3, 0.4) is 0 Å². The van der Waals surface area contributed by atoms with Crippen LogP contribution in [0.4, 0.5) is 4.79 Å². The van der Waals surface area contributed by atoms with E-state index >= 15 is 0 Å². The van der Waals surface area contributed by atoms with E-state index in [1.807, 2.05) is 38.1 Å². The van der Waals surface area contributed by atoms with Gasteiger partial charge in [0.15, 0.2) is 0 Å². The van der Waals surface area contributed by atoms with Crippen LogP contribution in [-0.4, -0.2) is 21.1 Å². The molecule has 1 N–H and O–H groups in total. The highest BCUT2D eigenvalue weighted by Gasteiger charge is 2.15. The molecular formula is C16H22N4O2S. The number of urea groups is 1. The Morgan fingerprint density at radius 2 is 2.00 bits per heavy atom. The Hall–Kier alpha value is -2.15. The monoisotopic (exact) mass is 334 g/mol. The Labute approximate surface area is 139 Å². The highest BCUT2D eigenvalue weighted by Crippen LogP contribution is 2.21. The van der Waals surface area contributed by atoms with Gasteiger partial charge in [-0.3, -0.25) is 0 Å². The van der Waals surface area contributed by atoms with Crippen LogP contribution in [0.25, 0.3) is 5.69 Å². The molecule has 2 aromatic rings. The summed E-state index contributed by atoms with van der Waals surface area (Å²) in [5, 5.41) is 2.63. The highest BCUT2D eigenvalue weighted by atomic mass is 32.1. The maximum Gasteiger partial charge on any atom is 0.344 e. The molecule has 0 aliphatic heterocycles. The standard InChI is InChI=1S/C16H22N4O2S/c1-5-17-14(21)18-15-20(16(22)19(6-2)23-15)13-10-8-7-9-12(13)11(3)4/h7-11H,5-6H2,1-4H3,(H,17,21). The Morgan fingerprint density at radius 3 is 2.61 bits per heavy atom. The molecule has 0 spiro atoms. The number of nitrogens with one attached hydrogen (secondary N) is 1. The van der Waals surface area contributed by atoms with Crippen molar-refractivity contribution in [1.82, 2.24) is 13.8 Å². The number of nitrogens with zero attached hydrogens (tertiary/aromatic N) is 3. The van der Waals surface area contributed by atoms with Crippen molar-refractivity contribution in [3.63, 3.8) is 0 Å². The number of rotatable bonds is 4. The molecule has 0 bridgehead atoms. The summed E-state index contributed by atoms with van der Waals surface area (Å²) in [4.78, 5) is 29.0. The predicted molar refractivity (Wildman–Crippen MR) is 92.3 cm³/mol. The molecule has 2 amide bonds. The van der Waals surface area contributed by atoms with Crippen molar-refractivity contribution in [3.8, 4) is 5.69 Å². The number of hydrogen-bond donors (Lipinski definition) is 1. The molecule has 0 saturated heterocycles. The van der Waals surface area contributed by atoms with Gasteiger partial charge in [-0.1, -0.05) is 32.0 Å². The van der Waals surface area contributed by atoms with Gasteiger partial charge >= 0.3 is 11.7 Å². The number of aryl methyl sites for hydroxylation is 1. The van der Waals surface area contributed by atoms with E-state index in [1.165, 1.54) is 16.1 Å². The van der Waals surface area contributed by atoms with E-state index in [0.717, 1.165) is 11.3 Å². The van der Waals surface area contributed by atoms with E-state index < -0.39 is 6.03 Å². The van der Waals surface area contributed by atoms with Gasteiger partial charge < -0.3 is 5.32 Å². The van der Waals surface area contributed by atoms with Gasteiger partial charge in [0.2, 0.25) is 4.80 Å². The lowest BCUT2D eigenvalue weighted by Gasteiger charge is -2.12. The van der Waals surface area contributed by atoms with Crippen LogP contribution in [0.2, 0.25) is 0 Å². The van der Waals surface area contributed by atoms with Gasteiger partial charge in [-0.2, -0.15) is 4.99 Å². The number of para-hydroxylation sites is 1. The molecule has 0 radical (unpaired) electrons. The number of aromatic nitrogens is 2. The lowest BCUT2D eigenvalue weighted by Crippen LogP contribution is -2.30. The maximum absolute atomic E-state index is 12.7. The Balaban J connectivity index is 2.74. The smallest absolute Gasteiger partial charge is 0.336 e. The van der Waals surface area contributed by atoms with Gasteiger partial charge in [0, 0.05) is 13.1 Å². The zero-order valence-electron chi connectivity index (χ0n) is 13.9. The fraction of sp³-hybridized carbons (Fsp3) is 0.438. The topological polar surface area (TPSA) is 68.4 Å². The zero-order valence-corrected chi connectivity index (χ0v) is 14.7. The summed E-state index contributed by atoms with van der Waals surface area (Å²) in [6.45, 7) is 8.91. The molecule has 7 heteroatoms. The molecule has 0 aliphatic carbocycles. The Kier molecular flexibility index (Phi) is 5.54. The first-order valence-electron chi connectivity index (χ1n) is 7.74. The minimum absolute atomic E-state index is 0.173. The number of carbonyl (C=O) groups is 1. The largest absolute Gasteiger partial charge is 0.344 e. The fourth-order valence-electron chi connectivity index (χ4n) is 2.31. The summed E-state index contributed by atoms with van der Waals surface area (Å²) in [6.07, 6.45) is 0. The predicted octanol–water partition coefficient (Wildman–Crippen LogP) is 2.47. The number of benzene rings is 1. The van der Waals surface area contributed by atoms with E-state index in [9.17, 15) is 9.59 Å². The van der Waals surface area contributed by atoms with Crippen LogP contribution in [0.15, 0.2) is 34.1 Å². The number of amides is 2. The van der Waals surface area contributed by atoms with Crippen molar-refractivity contribution in [2.45, 2.75) is 40.2 Å². The van der Waals surface area contributed by atoms with Crippen molar-refractivity contribution < 1.29 is 4.79 Å². The molecule has 1 heterocycles. The van der Waals surface area contributed by atoms with Crippen LogP contribution in [0.5, 0.6) is 0 Å². The molecule has 23 heavy (non-hydrogen) atoms. The fourth-order valence-corrected chi connectivity index (χ4v) is 3.17. The molecule has 0 saturated carbocycles. The second-order valence-corrected chi connectivity index (χ2v) is 6.34. The summed E-state index contributed by atoms with van der Waals surface area (Å²) >= 11 is 1.20. The third-order valence-corrected chi connectivity index (χ3v) is 4.47. The van der Waals surface area contributed by atoms with Crippen LogP contribution >= 0.6 is 11.5 Å². The zero-order chi connectivity index (χ0) is 17.0. The average Bonchev–Trinajstić information content (AvgIpc) is 2.83. The lowest BCUT2D eigenvalue weighted by atomic mass is 10.0. The Morgan fingerprint density at radius 1 is 1.30 bits per heavy atom. The summed E-state index contributed by atoms with van der Waals surface area (Å²) in [5.74, 6) is 0.255. The van der Waals surface area contributed by atoms with Gasteiger partial charge in [0.05, 0.1) is 5.69 Å². The van der Waals surface area contributed by atoms with Gasteiger partial charge in [0.1, 0.15) is 0 Å². The van der Waals surface area contributed by atoms with E-state index in [4.69, 9.17) is 0 Å². The lowest BCUT2D eigenvalue weighted by molar-refractivity contribution is 0.249.